The van der Waals surface area contributed by atoms with Crippen LogP contribution in [0.2, 0.25) is 0 Å². The van der Waals surface area contributed by atoms with Crippen LogP contribution in [0, 0.1) is 5.82 Å². The van der Waals surface area contributed by atoms with Crippen LogP contribution in [-0.4, -0.2) is 28.6 Å². The van der Waals surface area contributed by atoms with Crippen molar-refractivity contribution in [2.45, 2.75) is 18.4 Å². The lowest BCUT2D eigenvalue weighted by atomic mass is 9.88. The minimum Gasteiger partial charge on any atom is -0.490 e. The molecule has 2 atom stereocenters. The summed E-state index contributed by atoms with van der Waals surface area (Å²) in [6.07, 6.45) is 1.12. The Morgan fingerprint density at radius 1 is 1.09 bits per heavy atom. The number of likely N-dealkylation sites (tertiary alicyclic amines) is 1. The number of hydrogen-bond acceptors (Lipinski definition) is 2. The monoisotopic (exact) mass is 411 g/mol. The zero-order valence-corrected chi connectivity index (χ0v) is 14.4. The fourth-order valence-electron chi connectivity index (χ4n) is 2.96. The molecule has 1 aliphatic rings. The van der Waals surface area contributed by atoms with Crippen molar-refractivity contribution < 1.29 is 9.13 Å². The molecular formula is C18H19FINO. The molecule has 2 unspecified atom stereocenters. The van der Waals surface area contributed by atoms with Crippen LogP contribution < -0.4 is 4.74 Å². The Hall–Kier alpha value is -1.14. The van der Waals surface area contributed by atoms with Gasteiger partial charge in [0.2, 0.25) is 0 Å². The van der Waals surface area contributed by atoms with Gasteiger partial charge in [0, 0.05) is 19.0 Å². The Bertz CT molecular complexity index is 590. The van der Waals surface area contributed by atoms with Crippen LogP contribution in [0.25, 0.3) is 0 Å². The van der Waals surface area contributed by atoms with E-state index in [1.54, 1.807) is 12.1 Å². The molecule has 1 fully saturated rings. The Morgan fingerprint density at radius 2 is 1.82 bits per heavy atom. The quantitative estimate of drug-likeness (QED) is 0.419. The minimum absolute atomic E-state index is 0.132. The van der Waals surface area contributed by atoms with Gasteiger partial charge in [-0.3, -0.25) is 4.90 Å². The maximum absolute atomic E-state index is 13.0. The fourth-order valence-corrected chi connectivity index (χ4v) is 3.58. The molecule has 0 bridgehead atoms. The molecule has 22 heavy (non-hydrogen) atoms. The van der Waals surface area contributed by atoms with E-state index in [0.29, 0.717) is 5.92 Å². The SMILES string of the molecule is Fc1ccc(OC2CCN(CI)CC2c2ccccc2)cc1. The van der Waals surface area contributed by atoms with Crippen molar-refractivity contribution in [2.75, 3.05) is 17.6 Å². The van der Waals surface area contributed by atoms with E-state index >= 15 is 0 Å². The van der Waals surface area contributed by atoms with Crippen LogP contribution in [0.5, 0.6) is 5.75 Å². The molecule has 0 aromatic heterocycles. The van der Waals surface area contributed by atoms with E-state index < -0.39 is 0 Å². The third-order valence-corrected chi connectivity index (χ3v) is 5.10. The Morgan fingerprint density at radius 3 is 2.50 bits per heavy atom. The average Bonchev–Trinajstić information content (AvgIpc) is 2.58. The zero-order chi connectivity index (χ0) is 15.4. The van der Waals surface area contributed by atoms with Gasteiger partial charge in [0.15, 0.2) is 0 Å². The van der Waals surface area contributed by atoms with Crippen LogP contribution in [0.15, 0.2) is 54.6 Å². The third kappa shape index (κ3) is 3.79. The van der Waals surface area contributed by atoms with E-state index in [-0.39, 0.29) is 11.9 Å². The Balaban J connectivity index is 1.79. The maximum Gasteiger partial charge on any atom is 0.123 e. The predicted octanol–water partition coefficient (Wildman–Crippen LogP) is 4.46. The summed E-state index contributed by atoms with van der Waals surface area (Å²) in [7, 11) is 0. The van der Waals surface area contributed by atoms with Gasteiger partial charge < -0.3 is 4.74 Å². The molecule has 0 spiro atoms. The zero-order valence-electron chi connectivity index (χ0n) is 12.3. The lowest BCUT2D eigenvalue weighted by Gasteiger charge is -2.38. The Kier molecular flexibility index (Phi) is 5.31. The van der Waals surface area contributed by atoms with E-state index in [2.05, 4.69) is 51.8 Å². The molecule has 1 saturated heterocycles. The van der Waals surface area contributed by atoms with Crippen LogP contribution in [0.1, 0.15) is 17.9 Å². The number of halogens is 2. The summed E-state index contributed by atoms with van der Waals surface area (Å²) in [6, 6.07) is 16.9. The molecule has 116 valence electrons. The second-order valence-corrected chi connectivity index (χ2v) is 6.29. The van der Waals surface area contributed by atoms with Crippen molar-refractivity contribution >= 4 is 22.6 Å². The molecule has 0 saturated carbocycles. The number of benzene rings is 2. The van der Waals surface area contributed by atoms with Gasteiger partial charge in [0.25, 0.3) is 0 Å². The van der Waals surface area contributed by atoms with E-state index in [4.69, 9.17) is 4.74 Å². The van der Waals surface area contributed by atoms with Crippen molar-refractivity contribution in [3.8, 4) is 5.75 Å². The molecule has 1 heterocycles. The summed E-state index contributed by atoms with van der Waals surface area (Å²) in [4.78, 5) is 2.45. The molecule has 2 aromatic rings. The van der Waals surface area contributed by atoms with Crippen LogP contribution in [0.3, 0.4) is 0 Å². The summed E-state index contributed by atoms with van der Waals surface area (Å²) in [5, 5.41) is 0. The molecule has 0 aliphatic carbocycles. The van der Waals surface area contributed by atoms with Gasteiger partial charge in [-0.2, -0.15) is 0 Å². The number of piperidine rings is 1. The van der Waals surface area contributed by atoms with Crippen molar-refractivity contribution in [1.82, 2.24) is 4.90 Å². The van der Waals surface area contributed by atoms with E-state index in [0.717, 1.165) is 29.8 Å². The Labute approximate surface area is 144 Å². The number of ether oxygens (including phenoxy) is 1. The first-order chi connectivity index (χ1) is 10.8. The second-order valence-electron chi connectivity index (χ2n) is 5.61. The number of alkyl halides is 1. The predicted molar refractivity (Wildman–Crippen MR) is 95.1 cm³/mol. The van der Waals surface area contributed by atoms with Crippen LogP contribution >= 0.6 is 22.6 Å². The molecule has 1 aliphatic heterocycles. The van der Waals surface area contributed by atoms with Gasteiger partial charge in [-0.25, -0.2) is 4.39 Å². The first-order valence-electron chi connectivity index (χ1n) is 7.52. The number of rotatable bonds is 4. The first kappa shape index (κ1) is 15.7. The van der Waals surface area contributed by atoms with Gasteiger partial charge >= 0.3 is 0 Å². The summed E-state index contributed by atoms with van der Waals surface area (Å²) in [5.74, 6) is 0.858. The largest absolute Gasteiger partial charge is 0.490 e. The highest BCUT2D eigenvalue weighted by Gasteiger charge is 2.31. The van der Waals surface area contributed by atoms with Gasteiger partial charge in [-0.1, -0.05) is 52.9 Å². The van der Waals surface area contributed by atoms with Crippen molar-refractivity contribution in [3.05, 3.63) is 66.0 Å². The number of nitrogens with zero attached hydrogens (tertiary/aromatic N) is 1. The summed E-state index contributed by atoms with van der Waals surface area (Å²) in [6.45, 7) is 2.04. The first-order valence-corrected chi connectivity index (χ1v) is 9.04. The molecule has 3 rings (SSSR count). The molecule has 0 N–H and O–H groups in total. The van der Waals surface area contributed by atoms with Gasteiger partial charge in [-0.15, -0.1) is 0 Å². The summed E-state index contributed by atoms with van der Waals surface area (Å²) >= 11 is 2.41. The van der Waals surface area contributed by atoms with Crippen LogP contribution in [0.4, 0.5) is 4.39 Å². The van der Waals surface area contributed by atoms with E-state index in [9.17, 15) is 4.39 Å². The molecule has 2 nitrogen and oxygen atoms in total. The second kappa shape index (κ2) is 7.42. The normalized spacial score (nSPS) is 22.5. The van der Waals surface area contributed by atoms with Crippen LogP contribution in [-0.2, 0) is 0 Å². The van der Waals surface area contributed by atoms with Gasteiger partial charge in [0.1, 0.15) is 17.7 Å². The fraction of sp³-hybridized carbons (Fsp3) is 0.333. The smallest absolute Gasteiger partial charge is 0.123 e. The molecule has 0 radical (unpaired) electrons. The summed E-state index contributed by atoms with van der Waals surface area (Å²) < 4.78 is 20.2. The minimum atomic E-state index is -0.230. The van der Waals surface area contributed by atoms with Crippen molar-refractivity contribution in [1.29, 1.82) is 0 Å². The van der Waals surface area contributed by atoms with E-state index in [1.807, 2.05) is 6.07 Å². The molecular weight excluding hydrogens is 392 g/mol. The third-order valence-electron chi connectivity index (χ3n) is 4.13. The van der Waals surface area contributed by atoms with Crippen molar-refractivity contribution in [3.63, 3.8) is 0 Å². The standard InChI is InChI=1S/C18H19FINO/c19-15-6-8-16(9-7-15)22-18-10-11-21(13-20)12-17(18)14-4-2-1-3-5-14/h1-9,17-18H,10-13H2. The summed E-state index contributed by atoms with van der Waals surface area (Å²) in [5.41, 5.74) is 1.31. The lowest BCUT2D eigenvalue weighted by Crippen LogP contribution is -2.43. The molecule has 2 aromatic carbocycles. The van der Waals surface area contributed by atoms with Gasteiger partial charge in [-0.05, 0) is 36.2 Å². The highest BCUT2D eigenvalue weighted by atomic mass is 127. The maximum atomic E-state index is 13.0. The topological polar surface area (TPSA) is 12.5 Å². The lowest BCUT2D eigenvalue weighted by molar-refractivity contribution is 0.0887. The van der Waals surface area contributed by atoms with E-state index in [1.165, 1.54) is 17.7 Å². The molecule has 4 heteroatoms. The average molecular weight is 411 g/mol. The highest BCUT2D eigenvalue weighted by Crippen LogP contribution is 2.31. The highest BCUT2D eigenvalue weighted by molar-refractivity contribution is 14.1. The number of hydrogen-bond donors (Lipinski definition) is 0. The van der Waals surface area contributed by atoms with Gasteiger partial charge in [0.05, 0.1) is 4.55 Å². The molecule has 0 amide bonds. The van der Waals surface area contributed by atoms with Crippen molar-refractivity contribution in [2.24, 2.45) is 0 Å².